The number of H-pyrrole nitrogens is 1. The Morgan fingerprint density at radius 2 is 1.97 bits per heavy atom. The predicted molar refractivity (Wildman–Crippen MR) is 124 cm³/mol. The van der Waals surface area contributed by atoms with Gasteiger partial charge in [0.15, 0.2) is 6.61 Å². The van der Waals surface area contributed by atoms with Crippen molar-refractivity contribution in [2.24, 2.45) is 0 Å². The molecule has 0 bridgehead atoms. The third kappa shape index (κ3) is 4.80. The van der Waals surface area contributed by atoms with E-state index in [0.29, 0.717) is 18.4 Å². The minimum atomic E-state index is -0.333. The first kappa shape index (κ1) is 21.1. The van der Waals surface area contributed by atoms with Crippen molar-refractivity contribution in [2.75, 3.05) is 6.61 Å². The zero-order chi connectivity index (χ0) is 21.8. The second-order valence-corrected chi connectivity index (χ2v) is 8.78. The van der Waals surface area contributed by atoms with Crippen LogP contribution < -0.4 is 0 Å². The number of benzene rings is 1. The van der Waals surface area contributed by atoms with E-state index in [1.807, 2.05) is 55.8 Å². The predicted octanol–water partition coefficient (Wildman–Crippen LogP) is 5.44. The molecule has 31 heavy (non-hydrogen) atoms. The van der Waals surface area contributed by atoms with E-state index >= 15 is 0 Å². The zero-order valence-electron chi connectivity index (χ0n) is 17.8. The van der Waals surface area contributed by atoms with Crippen LogP contribution in [0.5, 0.6) is 0 Å². The molecule has 4 rings (SSSR count). The molecule has 0 radical (unpaired) electrons. The fourth-order valence-electron chi connectivity index (χ4n) is 3.94. The maximum absolute atomic E-state index is 12.7. The number of aromatic amines is 1. The van der Waals surface area contributed by atoms with Crippen LogP contribution in [0.15, 0.2) is 54.0 Å². The molecule has 5 nitrogen and oxygen atoms in total. The smallest absolute Gasteiger partial charge is 0.306 e. The van der Waals surface area contributed by atoms with E-state index in [2.05, 4.69) is 21.7 Å². The number of fused-ring (bicyclic) bond motifs is 1. The first-order valence-corrected chi connectivity index (χ1v) is 11.3. The third-order valence-electron chi connectivity index (χ3n) is 5.63. The van der Waals surface area contributed by atoms with Crippen molar-refractivity contribution in [3.05, 3.63) is 81.4 Å². The van der Waals surface area contributed by atoms with Crippen LogP contribution in [0.3, 0.4) is 0 Å². The van der Waals surface area contributed by atoms with Gasteiger partial charge < -0.3 is 14.3 Å². The minimum Gasteiger partial charge on any atom is -0.457 e. The standard InChI is InChI=1S/C25H26N2O3S/c1-17-13-22(18(2)27(17)15-20-8-6-12-31-20)24(28)16-30-25(29)11-5-7-19-14-26-23-10-4-3-9-21(19)23/h3-4,6,8-10,12-14,26H,5,7,11,15-16H2,1-2H3. The lowest BCUT2D eigenvalue weighted by Crippen LogP contribution is -2.15. The molecule has 1 N–H and O–H groups in total. The van der Waals surface area contributed by atoms with E-state index in [4.69, 9.17) is 4.74 Å². The lowest BCUT2D eigenvalue weighted by Gasteiger charge is -2.08. The van der Waals surface area contributed by atoms with Gasteiger partial charge in [0.25, 0.3) is 0 Å². The lowest BCUT2D eigenvalue weighted by atomic mass is 10.1. The van der Waals surface area contributed by atoms with Gasteiger partial charge in [-0.3, -0.25) is 9.59 Å². The molecule has 160 valence electrons. The highest BCUT2D eigenvalue weighted by Gasteiger charge is 2.18. The molecule has 0 amide bonds. The number of nitrogens with zero attached hydrogens (tertiary/aromatic N) is 1. The average Bonchev–Trinajstić information content (AvgIpc) is 3.49. The first-order chi connectivity index (χ1) is 15.0. The van der Waals surface area contributed by atoms with Crippen molar-refractivity contribution < 1.29 is 14.3 Å². The summed E-state index contributed by atoms with van der Waals surface area (Å²) in [6, 6.07) is 14.1. The Bertz CT molecular complexity index is 1200. The van der Waals surface area contributed by atoms with Crippen LogP contribution in [0.25, 0.3) is 10.9 Å². The Kier molecular flexibility index (Phi) is 6.37. The maximum atomic E-state index is 12.7. The zero-order valence-corrected chi connectivity index (χ0v) is 18.6. The molecule has 1 aromatic carbocycles. The normalized spacial score (nSPS) is 11.2. The highest BCUT2D eigenvalue weighted by Crippen LogP contribution is 2.21. The molecule has 0 aliphatic carbocycles. The van der Waals surface area contributed by atoms with Crippen LogP contribution in [-0.2, 0) is 22.5 Å². The van der Waals surface area contributed by atoms with E-state index < -0.39 is 0 Å². The number of carbonyl (C=O) groups is 2. The molecule has 0 aliphatic heterocycles. The van der Waals surface area contributed by atoms with Crippen molar-refractivity contribution in [3.63, 3.8) is 0 Å². The number of para-hydroxylation sites is 1. The number of thiophene rings is 1. The summed E-state index contributed by atoms with van der Waals surface area (Å²) in [6.45, 7) is 4.47. The number of carbonyl (C=O) groups excluding carboxylic acids is 2. The number of ketones is 1. The summed E-state index contributed by atoms with van der Waals surface area (Å²) in [5.74, 6) is -0.490. The highest BCUT2D eigenvalue weighted by atomic mass is 32.1. The second kappa shape index (κ2) is 9.35. The topological polar surface area (TPSA) is 64.1 Å². The summed E-state index contributed by atoms with van der Waals surface area (Å²) in [7, 11) is 0. The Hall–Kier alpha value is -3.12. The molecular formula is C25H26N2O3S. The number of esters is 1. The number of hydrogen-bond acceptors (Lipinski definition) is 4. The van der Waals surface area contributed by atoms with Gasteiger partial charge in [-0.2, -0.15) is 0 Å². The molecule has 3 heterocycles. The molecule has 4 aromatic rings. The molecule has 0 atom stereocenters. The summed E-state index contributed by atoms with van der Waals surface area (Å²) in [5.41, 5.74) is 4.85. The summed E-state index contributed by atoms with van der Waals surface area (Å²) in [6.07, 6.45) is 3.76. The minimum absolute atomic E-state index is 0.157. The highest BCUT2D eigenvalue weighted by molar-refractivity contribution is 7.09. The third-order valence-corrected chi connectivity index (χ3v) is 6.50. The number of rotatable bonds is 9. The van der Waals surface area contributed by atoms with E-state index in [0.717, 1.165) is 29.9 Å². The van der Waals surface area contributed by atoms with E-state index in [9.17, 15) is 9.59 Å². The Labute approximate surface area is 185 Å². The van der Waals surface area contributed by atoms with E-state index in [1.54, 1.807) is 11.3 Å². The maximum Gasteiger partial charge on any atom is 0.306 e. The largest absolute Gasteiger partial charge is 0.457 e. The fraction of sp³-hybridized carbons (Fsp3) is 0.280. The molecule has 0 saturated carbocycles. The molecular weight excluding hydrogens is 408 g/mol. The fourth-order valence-corrected chi connectivity index (χ4v) is 4.64. The van der Waals surface area contributed by atoms with Crippen molar-refractivity contribution in [3.8, 4) is 0 Å². The number of ether oxygens (including phenoxy) is 1. The number of aromatic nitrogens is 2. The summed E-state index contributed by atoms with van der Waals surface area (Å²) >= 11 is 1.70. The van der Waals surface area contributed by atoms with Crippen LogP contribution in [0, 0.1) is 13.8 Å². The molecule has 0 fully saturated rings. The number of aryl methyl sites for hydroxylation is 2. The Morgan fingerprint density at radius 3 is 2.77 bits per heavy atom. The van der Waals surface area contributed by atoms with Crippen LogP contribution in [0.4, 0.5) is 0 Å². The number of nitrogens with one attached hydrogen (secondary N) is 1. The van der Waals surface area contributed by atoms with E-state index in [1.165, 1.54) is 15.8 Å². The van der Waals surface area contributed by atoms with Gasteiger partial charge in [0.1, 0.15) is 0 Å². The first-order valence-electron chi connectivity index (χ1n) is 10.5. The van der Waals surface area contributed by atoms with Crippen molar-refractivity contribution >= 4 is 34.0 Å². The van der Waals surface area contributed by atoms with Gasteiger partial charge in [-0.15, -0.1) is 11.3 Å². The van der Waals surface area contributed by atoms with Gasteiger partial charge in [-0.25, -0.2) is 0 Å². The summed E-state index contributed by atoms with van der Waals surface area (Å²) in [5, 5.41) is 3.23. The van der Waals surface area contributed by atoms with Crippen LogP contribution in [0.1, 0.15) is 45.0 Å². The Balaban J connectivity index is 1.28. The van der Waals surface area contributed by atoms with E-state index in [-0.39, 0.29) is 18.4 Å². The number of Topliss-reactive ketones (excluding diaryl/α,β-unsaturated/α-hetero) is 1. The SMILES string of the molecule is Cc1cc(C(=O)COC(=O)CCCc2c[nH]c3ccccc23)c(C)n1Cc1cccs1. The number of hydrogen-bond donors (Lipinski definition) is 1. The van der Waals surface area contributed by atoms with Gasteiger partial charge in [0.05, 0.1) is 6.54 Å². The summed E-state index contributed by atoms with van der Waals surface area (Å²) in [4.78, 5) is 29.3. The molecule has 0 aliphatic rings. The molecule has 0 saturated heterocycles. The van der Waals surface area contributed by atoms with Gasteiger partial charge >= 0.3 is 5.97 Å². The second-order valence-electron chi connectivity index (χ2n) is 7.75. The molecule has 3 aromatic heterocycles. The van der Waals surface area contributed by atoms with Crippen LogP contribution in [-0.4, -0.2) is 27.9 Å². The van der Waals surface area contributed by atoms with Crippen LogP contribution >= 0.6 is 11.3 Å². The lowest BCUT2D eigenvalue weighted by molar-refractivity contribution is -0.142. The average molecular weight is 435 g/mol. The summed E-state index contributed by atoms with van der Waals surface area (Å²) < 4.78 is 7.40. The van der Waals surface area contributed by atoms with Gasteiger partial charge in [-0.1, -0.05) is 24.3 Å². The van der Waals surface area contributed by atoms with Crippen molar-refractivity contribution in [1.82, 2.24) is 9.55 Å². The molecule has 6 heteroatoms. The van der Waals surface area contributed by atoms with Gasteiger partial charge in [0, 0.05) is 45.3 Å². The van der Waals surface area contributed by atoms with Gasteiger partial charge in [-0.05, 0) is 55.8 Å². The Morgan fingerprint density at radius 1 is 1.13 bits per heavy atom. The quantitative estimate of drug-likeness (QED) is 0.282. The van der Waals surface area contributed by atoms with Crippen LogP contribution in [0.2, 0.25) is 0 Å². The van der Waals surface area contributed by atoms with Crippen molar-refractivity contribution in [2.45, 2.75) is 39.7 Å². The molecule has 0 unspecified atom stereocenters. The molecule has 0 spiro atoms. The monoisotopic (exact) mass is 434 g/mol. The van der Waals surface area contributed by atoms with Gasteiger partial charge in [0.2, 0.25) is 5.78 Å². The van der Waals surface area contributed by atoms with Crippen molar-refractivity contribution in [1.29, 1.82) is 0 Å².